The SMILES string of the molecule is CCc1ccc(-c2noc(C3(O)CCCNC3)n2)cc1. The number of aromatic nitrogens is 2. The van der Waals surface area contributed by atoms with Crippen molar-refractivity contribution in [2.45, 2.75) is 31.8 Å². The lowest BCUT2D eigenvalue weighted by Gasteiger charge is -2.28. The first-order chi connectivity index (χ1) is 9.71. The van der Waals surface area contributed by atoms with Crippen LogP contribution in [-0.2, 0) is 12.0 Å². The fourth-order valence-electron chi connectivity index (χ4n) is 2.49. The zero-order chi connectivity index (χ0) is 14.0. The van der Waals surface area contributed by atoms with Crippen LogP contribution in [0.1, 0.15) is 31.2 Å². The van der Waals surface area contributed by atoms with Gasteiger partial charge in [-0.3, -0.25) is 0 Å². The van der Waals surface area contributed by atoms with Gasteiger partial charge in [-0.25, -0.2) is 0 Å². The van der Waals surface area contributed by atoms with E-state index in [0.29, 0.717) is 24.7 Å². The maximum Gasteiger partial charge on any atom is 0.260 e. The Morgan fingerprint density at radius 1 is 1.35 bits per heavy atom. The summed E-state index contributed by atoms with van der Waals surface area (Å²) in [6.45, 7) is 3.50. The minimum atomic E-state index is -1.03. The van der Waals surface area contributed by atoms with Gasteiger partial charge in [0.1, 0.15) is 0 Å². The second-order valence-electron chi connectivity index (χ2n) is 5.29. The summed E-state index contributed by atoms with van der Waals surface area (Å²) >= 11 is 0. The maximum absolute atomic E-state index is 10.5. The van der Waals surface area contributed by atoms with E-state index in [2.05, 4.69) is 34.5 Å². The molecule has 1 atom stereocenters. The summed E-state index contributed by atoms with van der Waals surface area (Å²) in [6.07, 6.45) is 2.55. The molecule has 0 aliphatic carbocycles. The number of nitrogens with zero attached hydrogens (tertiary/aromatic N) is 2. The fourth-order valence-corrected chi connectivity index (χ4v) is 2.49. The van der Waals surface area contributed by atoms with Crippen LogP contribution in [0.25, 0.3) is 11.4 Å². The molecule has 1 aliphatic rings. The largest absolute Gasteiger partial charge is 0.379 e. The van der Waals surface area contributed by atoms with E-state index in [-0.39, 0.29) is 0 Å². The van der Waals surface area contributed by atoms with Crippen LogP contribution in [0.2, 0.25) is 0 Å². The average Bonchev–Trinajstić information content (AvgIpc) is 2.99. The maximum atomic E-state index is 10.5. The zero-order valence-corrected chi connectivity index (χ0v) is 11.6. The summed E-state index contributed by atoms with van der Waals surface area (Å²) in [4.78, 5) is 4.36. The summed E-state index contributed by atoms with van der Waals surface area (Å²) in [5.74, 6) is 0.834. The zero-order valence-electron chi connectivity index (χ0n) is 11.6. The number of aliphatic hydroxyl groups is 1. The van der Waals surface area contributed by atoms with Crippen LogP contribution in [0.3, 0.4) is 0 Å². The predicted molar refractivity (Wildman–Crippen MR) is 75.1 cm³/mol. The van der Waals surface area contributed by atoms with Gasteiger partial charge in [0.15, 0.2) is 5.60 Å². The first-order valence-electron chi connectivity index (χ1n) is 7.08. The van der Waals surface area contributed by atoms with E-state index >= 15 is 0 Å². The van der Waals surface area contributed by atoms with Crippen molar-refractivity contribution in [2.75, 3.05) is 13.1 Å². The predicted octanol–water partition coefficient (Wildman–Crippen LogP) is 1.87. The fraction of sp³-hybridized carbons (Fsp3) is 0.467. The number of nitrogens with one attached hydrogen (secondary N) is 1. The minimum absolute atomic E-state index is 0.305. The monoisotopic (exact) mass is 273 g/mol. The molecule has 5 nitrogen and oxygen atoms in total. The van der Waals surface area contributed by atoms with Crippen LogP contribution in [0.4, 0.5) is 0 Å². The van der Waals surface area contributed by atoms with Crippen molar-refractivity contribution in [1.82, 2.24) is 15.5 Å². The number of hydrogen-bond acceptors (Lipinski definition) is 5. The van der Waals surface area contributed by atoms with Crippen LogP contribution in [0.15, 0.2) is 28.8 Å². The highest BCUT2D eigenvalue weighted by molar-refractivity contribution is 5.54. The second-order valence-corrected chi connectivity index (χ2v) is 5.29. The lowest BCUT2D eigenvalue weighted by Crippen LogP contribution is -2.43. The number of rotatable bonds is 3. The molecule has 0 spiro atoms. The molecule has 2 aromatic rings. The lowest BCUT2D eigenvalue weighted by molar-refractivity contribution is -0.0167. The van der Waals surface area contributed by atoms with Gasteiger partial charge in [0, 0.05) is 12.1 Å². The Morgan fingerprint density at radius 2 is 2.15 bits per heavy atom. The van der Waals surface area contributed by atoms with Gasteiger partial charge in [-0.05, 0) is 31.4 Å². The molecule has 106 valence electrons. The summed E-state index contributed by atoms with van der Waals surface area (Å²) in [7, 11) is 0. The van der Waals surface area contributed by atoms with E-state index < -0.39 is 5.60 Å². The highest BCUT2D eigenvalue weighted by atomic mass is 16.5. The molecule has 1 fully saturated rings. The van der Waals surface area contributed by atoms with Crippen molar-refractivity contribution < 1.29 is 9.63 Å². The molecular weight excluding hydrogens is 254 g/mol. The molecule has 20 heavy (non-hydrogen) atoms. The van der Waals surface area contributed by atoms with Gasteiger partial charge in [0.25, 0.3) is 5.89 Å². The topological polar surface area (TPSA) is 71.2 Å². The van der Waals surface area contributed by atoms with E-state index in [1.54, 1.807) is 0 Å². The average molecular weight is 273 g/mol. The molecule has 1 aromatic carbocycles. The van der Waals surface area contributed by atoms with Crippen molar-refractivity contribution in [3.05, 3.63) is 35.7 Å². The molecule has 1 saturated heterocycles. The van der Waals surface area contributed by atoms with E-state index in [1.807, 2.05) is 12.1 Å². The third-order valence-corrected chi connectivity index (χ3v) is 3.81. The molecular formula is C15H19N3O2. The highest BCUT2D eigenvalue weighted by Crippen LogP contribution is 2.28. The van der Waals surface area contributed by atoms with Gasteiger partial charge in [-0.15, -0.1) is 0 Å². The van der Waals surface area contributed by atoms with E-state index in [0.717, 1.165) is 24.9 Å². The molecule has 3 rings (SSSR count). The normalized spacial score (nSPS) is 22.9. The number of β-amino-alcohol motifs (C(OH)–C–C–N with tert-alkyl or cyclic N) is 1. The number of aryl methyl sites for hydroxylation is 1. The molecule has 2 heterocycles. The molecule has 1 aromatic heterocycles. The first-order valence-corrected chi connectivity index (χ1v) is 7.08. The summed E-state index contributed by atoms with van der Waals surface area (Å²) in [5, 5.41) is 17.7. The van der Waals surface area contributed by atoms with Crippen molar-refractivity contribution in [1.29, 1.82) is 0 Å². The standard InChI is InChI=1S/C15H19N3O2/c1-2-11-4-6-12(7-5-11)13-17-14(20-18-13)15(19)8-3-9-16-10-15/h4-7,16,19H,2-3,8-10H2,1H3. The molecule has 0 bridgehead atoms. The molecule has 1 aliphatic heterocycles. The van der Waals surface area contributed by atoms with Crippen molar-refractivity contribution in [2.24, 2.45) is 0 Å². The molecule has 1 unspecified atom stereocenters. The number of piperidine rings is 1. The number of hydrogen-bond donors (Lipinski definition) is 2. The molecule has 0 amide bonds. The molecule has 0 radical (unpaired) electrons. The number of benzene rings is 1. The van der Waals surface area contributed by atoms with Crippen LogP contribution in [-0.4, -0.2) is 28.3 Å². The summed E-state index contributed by atoms with van der Waals surface area (Å²) in [6, 6.07) is 8.08. The third-order valence-electron chi connectivity index (χ3n) is 3.81. The quantitative estimate of drug-likeness (QED) is 0.893. The van der Waals surface area contributed by atoms with Crippen molar-refractivity contribution in [3.8, 4) is 11.4 Å². The van der Waals surface area contributed by atoms with E-state index in [4.69, 9.17) is 4.52 Å². The van der Waals surface area contributed by atoms with Crippen LogP contribution >= 0.6 is 0 Å². The van der Waals surface area contributed by atoms with Crippen LogP contribution in [0.5, 0.6) is 0 Å². The summed E-state index contributed by atoms with van der Waals surface area (Å²) in [5.41, 5.74) is 1.14. The van der Waals surface area contributed by atoms with E-state index in [1.165, 1.54) is 5.56 Å². The Kier molecular flexibility index (Phi) is 3.54. The smallest absolute Gasteiger partial charge is 0.260 e. The van der Waals surface area contributed by atoms with Crippen molar-refractivity contribution >= 4 is 0 Å². The Bertz CT molecular complexity index is 571. The Hall–Kier alpha value is -1.72. The van der Waals surface area contributed by atoms with Gasteiger partial charge in [0.05, 0.1) is 0 Å². The Balaban J connectivity index is 1.85. The van der Waals surface area contributed by atoms with E-state index in [9.17, 15) is 5.11 Å². The minimum Gasteiger partial charge on any atom is -0.379 e. The first kappa shape index (κ1) is 13.3. The Morgan fingerprint density at radius 3 is 2.80 bits per heavy atom. The lowest BCUT2D eigenvalue weighted by atomic mass is 9.94. The van der Waals surface area contributed by atoms with Gasteiger partial charge < -0.3 is 14.9 Å². The van der Waals surface area contributed by atoms with Crippen molar-refractivity contribution in [3.63, 3.8) is 0 Å². The van der Waals surface area contributed by atoms with Crippen LogP contribution < -0.4 is 5.32 Å². The van der Waals surface area contributed by atoms with Gasteiger partial charge in [0.2, 0.25) is 5.82 Å². The third kappa shape index (κ3) is 2.46. The van der Waals surface area contributed by atoms with Gasteiger partial charge >= 0.3 is 0 Å². The Labute approximate surface area is 118 Å². The molecule has 0 saturated carbocycles. The molecule has 5 heteroatoms. The second kappa shape index (κ2) is 5.34. The highest BCUT2D eigenvalue weighted by Gasteiger charge is 2.37. The van der Waals surface area contributed by atoms with Gasteiger partial charge in [-0.1, -0.05) is 36.3 Å². The van der Waals surface area contributed by atoms with Crippen LogP contribution in [0, 0.1) is 0 Å². The molecule has 2 N–H and O–H groups in total. The van der Waals surface area contributed by atoms with Gasteiger partial charge in [-0.2, -0.15) is 4.98 Å². The summed E-state index contributed by atoms with van der Waals surface area (Å²) < 4.78 is 5.27.